The lowest BCUT2D eigenvalue weighted by Crippen LogP contribution is -2.20. The molecule has 2 rings (SSSR count). The third-order valence-corrected chi connectivity index (χ3v) is 1.71. The van der Waals surface area contributed by atoms with Crippen LogP contribution in [0.3, 0.4) is 0 Å². The van der Waals surface area contributed by atoms with Crippen molar-refractivity contribution in [2.24, 2.45) is 7.05 Å². The fourth-order valence-electron chi connectivity index (χ4n) is 1.07. The molecule has 0 unspecified atom stereocenters. The molecule has 10 nitrogen and oxygen atoms in total. The quantitative estimate of drug-likeness (QED) is 0.314. The molecule has 0 spiro atoms. The van der Waals surface area contributed by atoms with Gasteiger partial charge in [0.1, 0.15) is 5.52 Å². The van der Waals surface area contributed by atoms with E-state index in [9.17, 15) is 4.79 Å². The summed E-state index contributed by atoms with van der Waals surface area (Å²) in [5.74, 6) is 0. The number of rotatable bonds is 0. The Labute approximate surface area is 161 Å². The molecule has 152 valence electrons. The minimum atomic E-state index is -3.81. The second kappa shape index (κ2) is 15.4. The van der Waals surface area contributed by atoms with Crippen LogP contribution in [0, 0.1) is 0 Å². The van der Waals surface area contributed by atoms with Crippen LogP contribution in [-0.4, -0.2) is 44.4 Å². The Morgan fingerprint density at radius 3 is 1.62 bits per heavy atom. The highest BCUT2D eigenvalue weighted by Crippen LogP contribution is 2.26. The van der Waals surface area contributed by atoms with E-state index < -0.39 is 13.4 Å². The number of aryl methyl sites for hydroxylation is 1. The lowest BCUT2D eigenvalue weighted by molar-refractivity contribution is 0.361. The van der Waals surface area contributed by atoms with Crippen LogP contribution in [-0.2, 0) is 30.7 Å². The van der Waals surface area contributed by atoms with Crippen molar-refractivity contribution in [3.05, 3.63) is 34.6 Å². The Kier molecular flexibility index (Phi) is 17.8. The maximum Gasteiger partial charge on any atom is 0.319 e. The maximum absolute atomic E-state index is 11.4. The van der Waals surface area contributed by atoms with Gasteiger partial charge in [-0.1, -0.05) is 45.0 Å². The standard InChI is InChI=1S/C8H7N3O.2C2H6.2H3O3PS/c1-11-8(12)6-4-2-3-5-7(6)9-10-11;2*1-2;2*1-4(2,3)5/h2-5H,1H3;2*1-2H3;2*(H3,1,2,3,5). The maximum atomic E-state index is 11.4. The summed E-state index contributed by atoms with van der Waals surface area (Å²) < 4.78 is 1.22. The van der Waals surface area contributed by atoms with Crippen molar-refractivity contribution < 1.29 is 29.4 Å². The monoisotopic (exact) mass is 449 g/mol. The first kappa shape index (κ1) is 30.1. The fraction of sp³-hybridized carbons (Fsp3) is 0.417. The molecule has 0 saturated carbocycles. The van der Waals surface area contributed by atoms with Crippen LogP contribution in [0.5, 0.6) is 0 Å². The average molecular weight is 449 g/mol. The highest BCUT2D eigenvalue weighted by atomic mass is 32.5. The molecule has 0 aliphatic rings. The van der Waals surface area contributed by atoms with Crippen molar-refractivity contribution in [2.75, 3.05) is 0 Å². The van der Waals surface area contributed by atoms with Gasteiger partial charge in [-0.15, -0.1) is 5.10 Å². The zero-order valence-corrected chi connectivity index (χ0v) is 18.4. The summed E-state index contributed by atoms with van der Waals surface area (Å²) in [4.78, 5) is 56.7. The molecule has 0 radical (unpaired) electrons. The predicted molar refractivity (Wildman–Crippen MR) is 109 cm³/mol. The number of benzene rings is 1. The van der Waals surface area contributed by atoms with Crippen molar-refractivity contribution in [1.82, 2.24) is 15.0 Å². The van der Waals surface area contributed by atoms with E-state index in [1.807, 2.05) is 39.8 Å². The molecule has 1 aromatic carbocycles. The third-order valence-electron chi connectivity index (χ3n) is 1.71. The normalized spacial score (nSPS) is 9.81. The van der Waals surface area contributed by atoms with Crippen LogP contribution in [0.4, 0.5) is 0 Å². The molecule has 0 fully saturated rings. The molecule has 14 heteroatoms. The molecular formula is C12H25N3O7P2S2. The topological polar surface area (TPSA) is 169 Å². The minimum Gasteiger partial charge on any atom is -0.325 e. The van der Waals surface area contributed by atoms with Crippen LogP contribution in [0.2, 0.25) is 0 Å². The Morgan fingerprint density at radius 2 is 1.23 bits per heavy atom. The average Bonchev–Trinajstić information content (AvgIpc) is 2.52. The van der Waals surface area contributed by atoms with E-state index in [0.717, 1.165) is 0 Å². The molecule has 1 aromatic heterocycles. The van der Waals surface area contributed by atoms with E-state index in [2.05, 4.69) is 33.9 Å². The van der Waals surface area contributed by atoms with E-state index in [1.54, 1.807) is 19.2 Å². The second-order valence-electron chi connectivity index (χ2n) is 3.56. The second-order valence-corrected chi connectivity index (χ2v) is 8.55. The fourth-order valence-corrected chi connectivity index (χ4v) is 1.07. The van der Waals surface area contributed by atoms with Crippen LogP contribution in [0.1, 0.15) is 27.7 Å². The van der Waals surface area contributed by atoms with Crippen molar-refractivity contribution in [3.63, 3.8) is 0 Å². The Bertz CT molecular complexity index is 740. The summed E-state index contributed by atoms with van der Waals surface area (Å²) in [5, 5.41) is 8.12. The van der Waals surface area contributed by atoms with Crippen molar-refractivity contribution in [1.29, 1.82) is 0 Å². The van der Waals surface area contributed by atoms with Crippen LogP contribution in [0.25, 0.3) is 10.9 Å². The van der Waals surface area contributed by atoms with Gasteiger partial charge < -0.3 is 29.4 Å². The van der Waals surface area contributed by atoms with E-state index >= 15 is 0 Å². The van der Waals surface area contributed by atoms with Gasteiger partial charge in [-0.2, -0.15) is 0 Å². The molecule has 0 atom stereocenters. The van der Waals surface area contributed by atoms with Crippen molar-refractivity contribution in [3.8, 4) is 0 Å². The molecule has 0 aliphatic carbocycles. The zero-order valence-electron chi connectivity index (χ0n) is 15.0. The molecule has 0 amide bonds. The molecular weight excluding hydrogens is 424 g/mol. The Hall–Kier alpha value is -0.650. The Morgan fingerprint density at radius 1 is 0.885 bits per heavy atom. The number of aromatic nitrogens is 3. The van der Waals surface area contributed by atoms with Gasteiger partial charge in [0, 0.05) is 7.05 Å². The highest BCUT2D eigenvalue weighted by molar-refractivity contribution is 8.06. The van der Waals surface area contributed by atoms with Gasteiger partial charge in [-0.3, -0.25) is 4.79 Å². The van der Waals surface area contributed by atoms with Gasteiger partial charge in [-0.25, -0.2) is 4.68 Å². The highest BCUT2D eigenvalue weighted by Gasteiger charge is 1.99. The van der Waals surface area contributed by atoms with Gasteiger partial charge in [0.15, 0.2) is 0 Å². The van der Waals surface area contributed by atoms with Crippen molar-refractivity contribution in [2.45, 2.75) is 27.7 Å². The summed E-state index contributed by atoms with van der Waals surface area (Å²) in [6.07, 6.45) is 0. The van der Waals surface area contributed by atoms with E-state index in [0.29, 0.717) is 10.9 Å². The number of nitrogens with zero attached hydrogens (tertiary/aromatic N) is 3. The molecule has 0 bridgehead atoms. The van der Waals surface area contributed by atoms with Gasteiger partial charge in [-0.05, 0) is 35.7 Å². The van der Waals surface area contributed by atoms with E-state index in [4.69, 9.17) is 29.4 Å². The van der Waals surface area contributed by atoms with E-state index in [-0.39, 0.29) is 5.56 Å². The largest absolute Gasteiger partial charge is 0.325 e. The molecule has 1 heterocycles. The SMILES string of the molecule is CC.CC.Cn1nnc2ccccc2c1=O.OP(O)(O)=S.OP(O)(O)=S. The lowest BCUT2D eigenvalue weighted by atomic mass is 10.2. The van der Waals surface area contributed by atoms with Crippen LogP contribution < -0.4 is 5.56 Å². The van der Waals surface area contributed by atoms with Gasteiger partial charge in [0.25, 0.3) is 5.56 Å². The summed E-state index contributed by atoms with van der Waals surface area (Å²) in [6, 6.07) is 7.15. The summed E-state index contributed by atoms with van der Waals surface area (Å²) in [6.45, 7) is 0.389. The van der Waals surface area contributed by atoms with Crippen LogP contribution >= 0.6 is 13.4 Å². The number of fused-ring (bicyclic) bond motifs is 1. The number of hydrogen-bond acceptors (Lipinski definition) is 5. The molecule has 0 aliphatic heterocycles. The molecule has 0 saturated heterocycles. The summed E-state index contributed by atoms with van der Waals surface area (Å²) in [7, 11) is 1.59. The first-order chi connectivity index (χ1) is 11.8. The summed E-state index contributed by atoms with van der Waals surface area (Å²) in [5.41, 5.74) is 0.529. The smallest absolute Gasteiger partial charge is 0.319 e. The lowest BCUT2D eigenvalue weighted by Gasteiger charge is -1.96. The van der Waals surface area contributed by atoms with Gasteiger partial charge in [0.05, 0.1) is 5.39 Å². The minimum absolute atomic E-state index is 0.111. The van der Waals surface area contributed by atoms with E-state index in [1.165, 1.54) is 4.68 Å². The van der Waals surface area contributed by atoms with Crippen LogP contribution in [0.15, 0.2) is 29.1 Å². The predicted octanol–water partition coefficient (Wildman–Crippen LogP) is 0.756. The third kappa shape index (κ3) is 21.4. The van der Waals surface area contributed by atoms with Gasteiger partial charge >= 0.3 is 13.4 Å². The Balaban J connectivity index is -0.000000320. The first-order valence-electron chi connectivity index (χ1n) is 7.14. The van der Waals surface area contributed by atoms with Crippen molar-refractivity contribution >= 4 is 48.0 Å². The number of hydrogen-bond donors (Lipinski definition) is 6. The molecule has 2 aromatic rings. The zero-order chi connectivity index (χ0) is 21.6. The molecule has 6 N–H and O–H groups in total. The molecule has 26 heavy (non-hydrogen) atoms. The summed E-state index contributed by atoms with van der Waals surface area (Å²) >= 11 is 7.21. The first-order valence-corrected chi connectivity index (χ1v) is 12.5. The van der Waals surface area contributed by atoms with Gasteiger partial charge in [0.2, 0.25) is 0 Å².